The maximum Gasteiger partial charge on any atom is 0.269 e. The maximum absolute atomic E-state index is 14.0. The van der Waals surface area contributed by atoms with Crippen LogP contribution in [0.5, 0.6) is 5.75 Å². The summed E-state index contributed by atoms with van der Waals surface area (Å²) in [5, 5.41) is 9.67. The van der Waals surface area contributed by atoms with E-state index < -0.39 is 11.7 Å². The predicted octanol–water partition coefficient (Wildman–Crippen LogP) is 3.27. The van der Waals surface area contributed by atoms with Crippen LogP contribution in [0, 0.1) is 5.92 Å². The molecule has 0 bridgehead atoms. The molecule has 4 heterocycles. The van der Waals surface area contributed by atoms with Crippen molar-refractivity contribution in [2.24, 2.45) is 5.92 Å². The van der Waals surface area contributed by atoms with E-state index >= 15 is 0 Å². The first-order chi connectivity index (χ1) is 18.9. The Kier molecular flexibility index (Phi) is 6.43. The van der Waals surface area contributed by atoms with Crippen molar-refractivity contribution < 1.29 is 29.0 Å². The number of aliphatic hydroxyl groups is 1. The van der Waals surface area contributed by atoms with Crippen LogP contribution in [0.15, 0.2) is 55.1 Å². The average molecular weight is 532 g/mol. The number of ether oxygens (including phenoxy) is 2. The molecule has 204 valence electrons. The Balaban J connectivity index is 1.36. The third-order valence-electron chi connectivity index (χ3n) is 8.48. The Morgan fingerprint density at radius 1 is 1.21 bits per heavy atom. The summed E-state index contributed by atoms with van der Waals surface area (Å²) in [7, 11) is 0. The number of likely N-dealkylation sites (tertiary alicyclic amines) is 1. The van der Waals surface area contributed by atoms with E-state index in [0.29, 0.717) is 42.2 Å². The van der Waals surface area contributed by atoms with Crippen LogP contribution in [0.1, 0.15) is 38.2 Å². The van der Waals surface area contributed by atoms with E-state index in [-0.39, 0.29) is 49.3 Å². The highest BCUT2D eigenvalue weighted by Gasteiger charge is 2.60. The maximum atomic E-state index is 14.0. The smallest absolute Gasteiger partial charge is 0.269 e. The van der Waals surface area contributed by atoms with E-state index in [1.54, 1.807) is 20.8 Å². The van der Waals surface area contributed by atoms with E-state index in [1.165, 1.54) is 0 Å². The van der Waals surface area contributed by atoms with Crippen LogP contribution in [0.4, 0.5) is 17.1 Å². The Bertz CT molecular complexity index is 1340. The van der Waals surface area contributed by atoms with Gasteiger partial charge < -0.3 is 24.4 Å². The van der Waals surface area contributed by atoms with E-state index in [2.05, 4.69) is 6.58 Å². The van der Waals surface area contributed by atoms with Crippen LogP contribution in [0.25, 0.3) is 0 Å². The molecule has 9 nitrogen and oxygen atoms in total. The molecule has 1 spiro atoms. The summed E-state index contributed by atoms with van der Waals surface area (Å²) in [4.78, 5) is 45.3. The molecule has 9 heteroatoms. The standard InChI is InChI=1S/C30H33N3O6/c1-3-12-32-24-11-10-20(33-25-8-4-5-9-26(25)38-18-28(33)36)15-23(24)30(29(32)37)19(2)14-22(39-30)16-27(35)31-13-6-7-21(31)17-34/h3-5,8-11,15,19,21-22,34H,1,6-7,12-14,16-18H2,2H3/t19-,21+,22-,30+/m1/s1. The number of hydrogen-bond donors (Lipinski definition) is 1. The number of amides is 3. The SMILES string of the molecule is C=CCN1C(=O)[C@@]2(O[C@@H](CC(=O)N3CCC[C@H]3CO)C[C@H]2C)c2cc(N3C(=O)COc4ccccc43)ccc21. The lowest BCUT2D eigenvalue weighted by Crippen LogP contribution is -2.44. The number of benzene rings is 2. The second-order valence-corrected chi connectivity index (χ2v) is 10.8. The van der Waals surface area contributed by atoms with Gasteiger partial charge >= 0.3 is 0 Å². The second kappa shape index (κ2) is 9.81. The molecule has 4 aliphatic heterocycles. The highest BCUT2D eigenvalue weighted by atomic mass is 16.5. The molecular formula is C30H33N3O6. The summed E-state index contributed by atoms with van der Waals surface area (Å²) in [5.74, 6) is -0.0305. The molecular weight excluding hydrogens is 498 g/mol. The first kappa shape index (κ1) is 25.6. The van der Waals surface area contributed by atoms with E-state index in [9.17, 15) is 19.5 Å². The van der Waals surface area contributed by atoms with Gasteiger partial charge in [-0.15, -0.1) is 6.58 Å². The normalized spacial score (nSPS) is 27.6. The van der Waals surface area contributed by atoms with Gasteiger partial charge in [-0.2, -0.15) is 0 Å². The van der Waals surface area contributed by atoms with Gasteiger partial charge in [-0.3, -0.25) is 19.3 Å². The van der Waals surface area contributed by atoms with Crippen molar-refractivity contribution in [3.05, 3.63) is 60.7 Å². The Labute approximate surface area is 227 Å². The van der Waals surface area contributed by atoms with Crippen molar-refractivity contribution in [2.45, 2.75) is 50.4 Å². The highest BCUT2D eigenvalue weighted by Crippen LogP contribution is 2.55. The van der Waals surface area contributed by atoms with Gasteiger partial charge in [0.1, 0.15) is 5.75 Å². The van der Waals surface area contributed by atoms with E-state index in [0.717, 1.165) is 18.5 Å². The zero-order valence-corrected chi connectivity index (χ0v) is 22.0. The van der Waals surface area contributed by atoms with Crippen molar-refractivity contribution in [1.82, 2.24) is 4.90 Å². The zero-order chi connectivity index (χ0) is 27.3. The van der Waals surface area contributed by atoms with Crippen LogP contribution in [-0.2, 0) is 24.7 Å². The van der Waals surface area contributed by atoms with Crippen LogP contribution < -0.4 is 14.5 Å². The molecule has 2 saturated heterocycles. The van der Waals surface area contributed by atoms with E-state index in [4.69, 9.17) is 9.47 Å². The number of fused-ring (bicyclic) bond motifs is 3. The molecule has 2 aromatic carbocycles. The number of aliphatic hydroxyl groups excluding tert-OH is 1. The largest absolute Gasteiger partial charge is 0.482 e. The van der Waals surface area contributed by atoms with Crippen molar-refractivity contribution >= 4 is 34.8 Å². The molecule has 4 aliphatic rings. The zero-order valence-electron chi connectivity index (χ0n) is 22.0. The minimum Gasteiger partial charge on any atom is -0.482 e. The average Bonchev–Trinajstić information content (AvgIpc) is 3.61. The molecule has 0 aromatic heterocycles. The summed E-state index contributed by atoms with van der Waals surface area (Å²) < 4.78 is 12.2. The first-order valence-corrected chi connectivity index (χ1v) is 13.6. The lowest BCUT2D eigenvalue weighted by atomic mass is 9.82. The molecule has 3 amide bonds. The van der Waals surface area contributed by atoms with Crippen molar-refractivity contribution in [3.63, 3.8) is 0 Å². The number of hydrogen-bond acceptors (Lipinski definition) is 6. The summed E-state index contributed by atoms with van der Waals surface area (Å²) in [5.41, 5.74) is 1.41. The summed E-state index contributed by atoms with van der Waals surface area (Å²) in [6, 6.07) is 12.8. The van der Waals surface area contributed by atoms with Gasteiger partial charge in [0.2, 0.25) is 5.91 Å². The van der Waals surface area contributed by atoms with Gasteiger partial charge in [0, 0.05) is 30.3 Å². The fourth-order valence-corrected chi connectivity index (χ4v) is 6.69. The number of anilines is 3. The second-order valence-electron chi connectivity index (χ2n) is 10.8. The molecule has 0 saturated carbocycles. The monoisotopic (exact) mass is 531 g/mol. The van der Waals surface area contributed by atoms with Crippen LogP contribution in [0.3, 0.4) is 0 Å². The minimum atomic E-state index is -1.27. The lowest BCUT2D eigenvalue weighted by Gasteiger charge is -2.31. The molecule has 0 unspecified atom stereocenters. The number of carbonyl (C=O) groups excluding carboxylic acids is 3. The number of rotatable bonds is 6. The van der Waals surface area contributed by atoms with Gasteiger partial charge in [0.25, 0.3) is 11.8 Å². The molecule has 0 aliphatic carbocycles. The molecule has 0 radical (unpaired) electrons. The molecule has 39 heavy (non-hydrogen) atoms. The molecule has 2 aromatic rings. The number of nitrogens with zero attached hydrogens (tertiary/aromatic N) is 3. The quantitative estimate of drug-likeness (QED) is 0.575. The minimum absolute atomic E-state index is 0.0495. The lowest BCUT2D eigenvalue weighted by molar-refractivity contribution is -0.149. The first-order valence-electron chi connectivity index (χ1n) is 13.6. The van der Waals surface area contributed by atoms with Crippen LogP contribution >= 0.6 is 0 Å². The third-order valence-corrected chi connectivity index (χ3v) is 8.48. The van der Waals surface area contributed by atoms with Crippen LogP contribution in [0.2, 0.25) is 0 Å². The molecule has 4 atom stereocenters. The number of para-hydroxylation sites is 2. The fourth-order valence-electron chi connectivity index (χ4n) is 6.69. The fraction of sp³-hybridized carbons (Fsp3) is 0.433. The highest BCUT2D eigenvalue weighted by molar-refractivity contribution is 6.10. The topological polar surface area (TPSA) is 99.6 Å². The van der Waals surface area contributed by atoms with Crippen LogP contribution in [-0.4, -0.2) is 66.2 Å². The number of carbonyl (C=O) groups is 3. The van der Waals surface area contributed by atoms with E-state index in [1.807, 2.05) is 49.4 Å². The van der Waals surface area contributed by atoms with Crippen molar-refractivity contribution in [1.29, 1.82) is 0 Å². The Morgan fingerprint density at radius 3 is 2.82 bits per heavy atom. The summed E-state index contributed by atoms with van der Waals surface area (Å²) in [6.07, 6.45) is 3.60. The van der Waals surface area contributed by atoms with Gasteiger partial charge in [0.05, 0.1) is 36.5 Å². The summed E-state index contributed by atoms with van der Waals surface area (Å²) >= 11 is 0. The summed E-state index contributed by atoms with van der Waals surface area (Å²) in [6.45, 7) is 6.63. The predicted molar refractivity (Wildman–Crippen MR) is 145 cm³/mol. The van der Waals surface area contributed by atoms with Crippen molar-refractivity contribution in [3.8, 4) is 5.75 Å². The third kappa shape index (κ3) is 3.94. The van der Waals surface area contributed by atoms with Gasteiger partial charge in [-0.25, -0.2) is 0 Å². The molecule has 6 rings (SSSR count). The van der Waals surface area contributed by atoms with Gasteiger partial charge in [0.15, 0.2) is 12.2 Å². The molecule has 1 N–H and O–H groups in total. The molecule has 2 fully saturated rings. The Morgan fingerprint density at radius 2 is 2.03 bits per heavy atom. The van der Waals surface area contributed by atoms with Gasteiger partial charge in [-0.05, 0) is 49.6 Å². The van der Waals surface area contributed by atoms with Gasteiger partial charge in [-0.1, -0.05) is 25.1 Å². The Hall–Kier alpha value is -3.69. The van der Waals surface area contributed by atoms with Crippen molar-refractivity contribution in [2.75, 3.05) is 36.1 Å².